The molecule has 0 aliphatic carbocycles. The molecule has 0 aromatic heterocycles. The molecule has 0 saturated heterocycles. The molecule has 0 saturated carbocycles. The Morgan fingerprint density at radius 2 is 1.65 bits per heavy atom. The van der Waals surface area contributed by atoms with Gasteiger partial charge >= 0.3 is 5.97 Å². The smallest absolute Gasteiger partial charge is 0.324 e. The number of nitrogens with two attached hydrogens (primary N) is 1. The Morgan fingerprint density at radius 3 is 2.26 bits per heavy atom. The van der Waals surface area contributed by atoms with Crippen LogP contribution in [-0.4, -0.2) is 42.2 Å². The second-order valence-corrected chi connectivity index (χ2v) is 8.92. The topological polar surface area (TPSA) is 154 Å². The lowest BCUT2D eigenvalue weighted by molar-refractivity contribution is -0.142. The largest absolute Gasteiger partial charge is 0.480 e. The van der Waals surface area contributed by atoms with E-state index in [1.165, 1.54) is 42.7 Å². The van der Waals surface area contributed by atoms with Gasteiger partial charge in [-0.25, -0.2) is 8.42 Å². The summed E-state index contributed by atoms with van der Waals surface area (Å²) in [4.78, 5) is 25.1. The molecule has 11 heteroatoms. The molecule has 34 heavy (non-hydrogen) atoms. The first-order valence-corrected chi connectivity index (χ1v) is 11.5. The van der Waals surface area contributed by atoms with Gasteiger partial charge in [-0.05, 0) is 35.9 Å². The summed E-state index contributed by atoms with van der Waals surface area (Å²) in [7, 11) is -4.43. The molecule has 3 aromatic rings. The maximum atomic E-state index is 13.4. The molecule has 0 fully saturated rings. The predicted octanol–water partition coefficient (Wildman–Crippen LogP) is 2.03. The molecule has 5 N–H and O–H groups in total. The summed E-state index contributed by atoms with van der Waals surface area (Å²) in [5, 5.41) is 16.0. The third-order valence-electron chi connectivity index (χ3n) is 4.78. The number of benzene rings is 3. The lowest BCUT2D eigenvalue weighted by Crippen LogP contribution is -2.55. The van der Waals surface area contributed by atoms with Gasteiger partial charge in [0.2, 0.25) is 0 Å². The first-order valence-electron chi connectivity index (χ1n) is 10.1. The Hall–Kier alpha value is -4.22. The van der Waals surface area contributed by atoms with Gasteiger partial charge in [0.25, 0.3) is 15.9 Å². The number of anilines is 1. The number of carbonyl (C=O) groups is 2. The highest BCUT2D eigenvalue weighted by Crippen LogP contribution is 2.20. The van der Waals surface area contributed by atoms with Crippen molar-refractivity contribution < 1.29 is 23.1 Å². The van der Waals surface area contributed by atoms with Gasteiger partial charge in [0.1, 0.15) is 12.4 Å². The summed E-state index contributed by atoms with van der Waals surface area (Å²) in [6.45, 7) is 0. The van der Waals surface area contributed by atoms with Crippen LogP contribution in [0.2, 0.25) is 0 Å². The van der Waals surface area contributed by atoms with Gasteiger partial charge in [-0.3, -0.25) is 15.0 Å². The Labute approximate surface area is 196 Å². The molecule has 0 spiro atoms. The number of sulfonamides is 1. The molecule has 1 amide bonds. The highest BCUT2D eigenvalue weighted by Gasteiger charge is 2.38. The van der Waals surface area contributed by atoms with Crippen molar-refractivity contribution in [2.24, 2.45) is 10.9 Å². The van der Waals surface area contributed by atoms with E-state index in [1.54, 1.807) is 48.5 Å². The molecule has 10 nitrogen and oxygen atoms in total. The summed E-state index contributed by atoms with van der Waals surface area (Å²) >= 11 is 0. The molecule has 0 radical (unpaired) electrons. The van der Waals surface area contributed by atoms with Gasteiger partial charge in [0, 0.05) is 17.7 Å². The van der Waals surface area contributed by atoms with Crippen molar-refractivity contribution >= 4 is 33.9 Å². The zero-order valence-electron chi connectivity index (χ0n) is 17.9. The van der Waals surface area contributed by atoms with Gasteiger partial charge in [-0.2, -0.15) is 5.10 Å². The van der Waals surface area contributed by atoms with Crippen LogP contribution in [0, 0.1) is 0 Å². The molecular formula is C23H23N5O5S. The Kier molecular flexibility index (Phi) is 7.96. The lowest BCUT2D eigenvalue weighted by Gasteiger charge is -2.28. The van der Waals surface area contributed by atoms with Gasteiger partial charge in [-0.1, -0.05) is 59.0 Å². The van der Waals surface area contributed by atoms with E-state index >= 15 is 0 Å². The molecule has 1 atom stereocenters. The van der Waals surface area contributed by atoms with E-state index in [0.717, 1.165) is 0 Å². The summed E-state index contributed by atoms with van der Waals surface area (Å²) in [6.07, 6.45) is 1.04. The highest BCUT2D eigenvalue weighted by molar-refractivity contribution is 7.89. The number of hydrogen-bond donors (Lipinski definition) is 4. The number of carbonyl (C=O) groups excluding carboxylic acids is 1. The number of aliphatic carboxylic acids is 1. The summed E-state index contributed by atoms with van der Waals surface area (Å²) < 4.78 is 27.4. The maximum absolute atomic E-state index is 13.4. The van der Waals surface area contributed by atoms with E-state index in [1.807, 2.05) is 0 Å². The molecule has 0 aliphatic heterocycles. The minimum absolute atomic E-state index is 0.0903. The number of hydrazine groups is 1. The molecule has 0 aliphatic rings. The van der Waals surface area contributed by atoms with Crippen molar-refractivity contribution in [2.75, 3.05) is 5.32 Å². The van der Waals surface area contributed by atoms with Crippen LogP contribution in [-0.2, 0) is 21.2 Å². The zero-order chi connectivity index (χ0) is 24.6. The van der Waals surface area contributed by atoms with Crippen LogP contribution >= 0.6 is 0 Å². The van der Waals surface area contributed by atoms with Crippen molar-refractivity contribution in [1.29, 1.82) is 0 Å². The second kappa shape index (κ2) is 11.1. The fraction of sp³-hybridized carbons (Fsp3) is 0.0870. The number of amides is 1. The van der Waals surface area contributed by atoms with Crippen LogP contribution in [0.5, 0.6) is 0 Å². The van der Waals surface area contributed by atoms with E-state index in [0.29, 0.717) is 15.7 Å². The molecular weight excluding hydrogens is 458 g/mol. The first-order chi connectivity index (χ1) is 16.3. The van der Waals surface area contributed by atoms with Crippen molar-refractivity contribution in [2.45, 2.75) is 17.4 Å². The number of carboxylic acids is 1. The normalized spacial score (nSPS) is 12.4. The van der Waals surface area contributed by atoms with E-state index in [2.05, 4.69) is 15.8 Å². The SMILES string of the molecule is NN=CNc1cccc(C(=O)NN(C(Cc2ccccc2)C(=O)O)S(=O)(=O)c2ccccc2)c1. The maximum Gasteiger partial charge on any atom is 0.324 e. The third-order valence-corrected chi connectivity index (χ3v) is 6.51. The average Bonchev–Trinajstić information content (AvgIpc) is 2.85. The highest BCUT2D eigenvalue weighted by atomic mass is 32.2. The number of hydrazone groups is 1. The van der Waals surface area contributed by atoms with Crippen LogP contribution in [0.15, 0.2) is 94.9 Å². The summed E-state index contributed by atoms with van der Waals surface area (Å²) in [5.41, 5.74) is 3.45. The van der Waals surface area contributed by atoms with E-state index < -0.39 is 27.9 Å². The number of carboxylic acid groups (broad SMARTS) is 1. The van der Waals surface area contributed by atoms with Gasteiger partial charge in [-0.15, -0.1) is 0 Å². The molecule has 0 heterocycles. The molecule has 176 valence electrons. The van der Waals surface area contributed by atoms with Crippen LogP contribution in [0.1, 0.15) is 15.9 Å². The molecule has 3 rings (SSSR count). The molecule has 3 aromatic carbocycles. The number of hydrogen-bond acceptors (Lipinski definition) is 6. The lowest BCUT2D eigenvalue weighted by atomic mass is 10.1. The van der Waals surface area contributed by atoms with Crippen molar-refractivity contribution in [3.63, 3.8) is 0 Å². The fourth-order valence-corrected chi connectivity index (χ4v) is 4.58. The van der Waals surface area contributed by atoms with E-state index in [9.17, 15) is 23.1 Å². The van der Waals surface area contributed by atoms with E-state index in [4.69, 9.17) is 5.84 Å². The second-order valence-electron chi connectivity index (χ2n) is 7.10. The average molecular weight is 482 g/mol. The van der Waals surface area contributed by atoms with Gasteiger partial charge in [0.05, 0.1) is 4.90 Å². The third kappa shape index (κ3) is 5.97. The zero-order valence-corrected chi connectivity index (χ0v) is 18.7. The van der Waals surface area contributed by atoms with E-state index in [-0.39, 0.29) is 16.9 Å². The van der Waals surface area contributed by atoms with Crippen LogP contribution < -0.4 is 16.6 Å². The monoisotopic (exact) mass is 481 g/mol. The van der Waals surface area contributed by atoms with Gasteiger partial charge in [0.15, 0.2) is 0 Å². The number of nitrogens with one attached hydrogen (secondary N) is 2. The minimum Gasteiger partial charge on any atom is -0.480 e. The van der Waals surface area contributed by atoms with Crippen LogP contribution in [0.3, 0.4) is 0 Å². The standard InChI is InChI=1S/C23H23N5O5S/c24-26-16-25-19-11-7-10-18(15-19)22(29)27-28(34(32,33)20-12-5-2-6-13-20)21(23(30)31)14-17-8-3-1-4-9-17/h1-13,15-16,21H,14,24H2,(H,25,26)(H,27,29)(H,30,31). The van der Waals surface area contributed by atoms with Crippen LogP contribution in [0.25, 0.3) is 0 Å². The Balaban J connectivity index is 2.01. The minimum atomic E-state index is -4.43. The molecule has 1 unspecified atom stereocenters. The van der Waals surface area contributed by atoms with Crippen molar-refractivity contribution in [3.05, 3.63) is 96.1 Å². The van der Waals surface area contributed by atoms with Crippen molar-refractivity contribution in [3.8, 4) is 0 Å². The molecule has 0 bridgehead atoms. The van der Waals surface area contributed by atoms with Crippen LogP contribution in [0.4, 0.5) is 5.69 Å². The quantitative estimate of drug-likeness (QED) is 0.149. The Morgan fingerprint density at radius 1 is 1.00 bits per heavy atom. The summed E-state index contributed by atoms with van der Waals surface area (Å²) in [5.74, 6) is 2.84. The number of rotatable bonds is 10. The fourth-order valence-electron chi connectivity index (χ4n) is 3.15. The van der Waals surface area contributed by atoms with Gasteiger partial charge < -0.3 is 16.3 Å². The Bertz CT molecular complexity index is 1270. The first kappa shape index (κ1) is 24.4. The predicted molar refractivity (Wildman–Crippen MR) is 127 cm³/mol. The van der Waals surface area contributed by atoms with Crippen molar-refractivity contribution in [1.82, 2.24) is 9.84 Å². The number of nitrogens with zero attached hydrogens (tertiary/aromatic N) is 2. The summed E-state index contributed by atoms with van der Waals surface area (Å²) in [6, 6.07) is 20.3.